The molecule has 0 saturated heterocycles. The van der Waals surface area contributed by atoms with Crippen molar-refractivity contribution in [3.05, 3.63) is 64.7 Å². The van der Waals surface area contributed by atoms with Gasteiger partial charge in [-0.25, -0.2) is 4.79 Å². The molecule has 1 amide bonds. The third kappa shape index (κ3) is 4.85. The van der Waals surface area contributed by atoms with Gasteiger partial charge in [-0.05, 0) is 31.9 Å². The van der Waals surface area contributed by atoms with E-state index in [1.165, 1.54) is 4.90 Å². The normalized spacial score (nSPS) is 11.6. The van der Waals surface area contributed by atoms with Gasteiger partial charge < -0.3 is 14.4 Å². The van der Waals surface area contributed by atoms with E-state index >= 15 is 0 Å². The number of rotatable bonds is 6. The first-order valence-corrected chi connectivity index (χ1v) is 8.46. The SMILES string of the molecule is Cc1cc(C)c(OCC(=O)O[C@H](C(=O)N(C)C)c2ccccc2)c(C)c1. The van der Waals surface area contributed by atoms with Gasteiger partial charge in [-0.1, -0.05) is 48.0 Å². The van der Waals surface area contributed by atoms with E-state index in [-0.39, 0.29) is 12.5 Å². The first kappa shape index (κ1) is 19.5. The average Bonchev–Trinajstić information content (AvgIpc) is 2.58. The third-order valence-corrected chi connectivity index (χ3v) is 3.96. The third-order valence-electron chi connectivity index (χ3n) is 3.96. The molecule has 0 aromatic heterocycles. The number of benzene rings is 2. The molecule has 0 aliphatic carbocycles. The number of esters is 1. The Balaban J connectivity index is 2.10. The molecule has 2 aromatic carbocycles. The van der Waals surface area contributed by atoms with Gasteiger partial charge in [0.1, 0.15) is 5.75 Å². The second kappa shape index (κ2) is 8.52. The maximum absolute atomic E-state index is 12.4. The van der Waals surface area contributed by atoms with E-state index < -0.39 is 12.1 Å². The minimum atomic E-state index is -0.984. The van der Waals surface area contributed by atoms with E-state index in [9.17, 15) is 9.59 Å². The van der Waals surface area contributed by atoms with Crippen molar-refractivity contribution in [3.8, 4) is 5.75 Å². The van der Waals surface area contributed by atoms with E-state index in [2.05, 4.69) is 0 Å². The van der Waals surface area contributed by atoms with Crippen LogP contribution in [0.3, 0.4) is 0 Å². The van der Waals surface area contributed by atoms with Crippen molar-refractivity contribution >= 4 is 11.9 Å². The largest absolute Gasteiger partial charge is 0.481 e. The summed E-state index contributed by atoms with van der Waals surface area (Å²) in [7, 11) is 3.25. The summed E-state index contributed by atoms with van der Waals surface area (Å²) in [5.74, 6) is -0.219. The molecule has 2 rings (SSSR count). The zero-order chi connectivity index (χ0) is 19.3. The van der Waals surface area contributed by atoms with Crippen molar-refractivity contribution in [2.45, 2.75) is 26.9 Å². The topological polar surface area (TPSA) is 55.8 Å². The Morgan fingerprint density at radius 2 is 1.58 bits per heavy atom. The Morgan fingerprint density at radius 1 is 1.00 bits per heavy atom. The molecule has 0 radical (unpaired) electrons. The van der Waals surface area contributed by atoms with Crippen LogP contribution in [0.15, 0.2) is 42.5 Å². The maximum atomic E-state index is 12.4. The van der Waals surface area contributed by atoms with E-state index in [1.54, 1.807) is 38.4 Å². The fourth-order valence-corrected chi connectivity index (χ4v) is 2.81. The summed E-state index contributed by atoms with van der Waals surface area (Å²) >= 11 is 0. The number of aryl methyl sites for hydroxylation is 3. The highest BCUT2D eigenvalue weighted by Crippen LogP contribution is 2.25. The van der Waals surface area contributed by atoms with Crippen LogP contribution in [0.25, 0.3) is 0 Å². The zero-order valence-electron chi connectivity index (χ0n) is 15.9. The molecule has 0 unspecified atom stereocenters. The lowest BCUT2D eigenvalue weighted by Crippen LogP contribution is -2.32. The van der Waals surface area contributed by atoms with Crippen molar-refractivity contribution < 1.29 is 19.1 Å². The van der Waals surface area contributed by atoms with Gasteiger partial charge in [-0.3, -0.25) is 4.79 Å². The molecule has 0 N–H and O–H groups in total. The first-order chi connectivity index (χ1) is 12.3. The molecular weight excluding hydrogens is 330 g/mol. The van der Waals surface area contributed by atoms with E-state index in [1.807, 2.05) is 39.0 Å². The number of amides is 1. The molecule has 2 aromatic rings. The van der Waals surface area contributed by atoms with Crippen LogP contribution in [0.1, 0.15) is 28.4 Å². The molecule has 0 aliphatic rings. The van der Waals surface area contributed by atoms with Crippen LogP contribution in [0, 0.1) is 20.8 Å². The molecule has 26 heavy (non-hydrogen) atoms. The fraction of sp³-hybridized carbons (Fsp3) is 0.333. The van der Waals surface area contributed by atoms with Crippen LogP contribution in [-0.4, -0.2) is 37.5 Å². The molecule has 0 saturated carbocycles. The number of carbonyl (C=O) groups is 2. The molecular formula is C21H25NO4. The van der Waals surface area contributed by atoms with E-state index in [0.29, 0.717) is 11.3 Å². The highest BCUT2D eigenvalue weighted by molar-refractivity contribution is 5.85. The molecule has 0 aliphatic heterocycles. The second-order valence-corrected chi connectivity index (χ2v) is 6.53. The Labute approximate surface area is 154 Å². The van der Waals surface area contributed by atoms with E-state index in [0.717, 1.165) is 16.7 Å². The van der Waals surface area contributed by atoms with Gasteiger partial charge >= 0.3 is 5.97 Å². The van der Waals surface area contributed by atoms with Gasteiger partial charge in [-0.2, -0.15) is 0 Å². The lowest BCUT2D eigenvalue weighted by molar-refractivity contribution is -0.161. The summed E-state index contributed by atoms with van der Waals surface area (Å²) in [5, 5.41) is 0. The van der Waals surface area contributed by atoms with Gasteiger partial charge in [-0.15, -0.1) is 0 Å². The minimum Gasteiger partial charge on any atom is -0.481 e. The molecule has 138 valence electrons. The van der Waals surface area contributed by atoms with Crippen LogP contribution in [0.5, 0.6) is 5.75 Å². The fourth-order valence-electron chi connectivity index (χ4n) is 2.81. The molecule has 5 nitrogen and oxygen atoms in total. The van der Waals surface area contributed by atoms with Gasteiger partial charge in [0.25, 0.3) is 5.91 Å². The van der Waals surface area contributed by atoms with Gasteiger partial charge in [0.2, 0.25) is 6.10 Å². The van der Waals surface area contributed by atoms with Gasteiger partial charge in [0.05, 0.1) is 0 Å². The first-order valence-electron chi connectivity index (χ1n) is 8.46. The molecule has 1 atom stereocenters. The lowest BCUT2D eigenvalue weighted by atomic mass is 10.1. The predicted molar refractivity (Wildman–Crippen MR) is 100 cm³/mol. The molecule has 0 fully saturated rings. The van der Waals surface area contributed by atoms with Crippen molar-refractivity contribution in [2.24, 2.45) is 0 Å². The average molecular weight is 355 g/mol. The molecule has 0 heterocycles. The Morgan fingerprint density at radius 3 is 2.12 bits per heavy atom. The monoisotopic (exact) mass is 355 g/mol. The maximum Gasteiger partial charge on any atom is 0.345 e. The number of carbonyl (C=O) groups excluding carboxylic acids is 2. The summed E-state index contributed by atoms with van der Waals surface area (Å²) in [4.78, 5) is 26.1. The van der Waals surface area contributed by atoms with Crippen LogP contribution < -0.4 is 4.74 Å². The van der Waals surface area contributed by atoms with Crippen LogP contribution in [0.4, 0.5) is 0 Å². The number of likely N-dealkylation sites (N-methyl/N-ethyl adjacent to an activating group) is 1. The highest BCUT2D eigenvalue weighted by Gasteiger charge is 2.26. The van der Waals surface area contributed by atoms with Crippen LogP contribution >= 0.6 is 0 Å². The summed E-state index contributed by atoms with van der Waals surface area (Å²) in [5.41, 5.74) is 3.68. The minimum absolute atomic E-state index is 0.255. The number of hydrogen-bond donors (Lipinski definition) is 0. The summed E-state index contributed by atoms with van der Waals surface area (Å²) < 4.78 is 11.1. The standard InChI is InChI=1S/C21H25NO4/c1-14-11-15(2)19(16(3)12-14)25-13-18(23)26-20(21(24)22(4)5)17-9-7-6-8-10-17/h6-12,20H,13H2,1-5H3/t20-/m0/s1. The van der Waals surface area contributed by atoms with E-state index in [4.69, 9.17) is 9.47 Å². The molecule has 0 bridgehead atoms. The second-order valence-electron chi connectivity index (χ2n) is 6.53. The Kier molecular flexibility index (Phi) is 6.39. The number of ether oxygens (including phenoxy) is 2. The number of nitrogens with zero attached hydrogens (tertiary/aromatic N) is 1. The Bertz CT molecular complexity index is 761. The Hall–Kier alpha value is -2.82. The van der Waals surface area contributed by atoms with Gasteiger partial charge in [0, 0.05) is 19.7 Å². The quantitative estimate of drug-likeness (QED) is 0.746. The predicted octanol–water partition coefficient (Wildman–Crippen LogP) is 3.36. The summed E-state index contributed by atoms with van der Waals surface area (Å²) in [6, 6.07) is 13.0. The van der Waals surface area contributed by atoms with Crippen LogP contribution in [0.2, 0.25) is 0 Å². The van der Waals surface area contributed by atoms with Crippen molar-refractivity contribution in [1.29, 1.82) is 0 Å². The van der Waals surface area contributed by atoms with Gasteiger partial charge in [0.15, 0.2) is 6.61 Å². The lowest BCUT2D eigenvalue weighted by Gasteiger charge is -2.21. The van der Waals surface area contributed by atoms with Crippen molar-refractivity contribution in [3.63, 3.8) is 0 Å². The highest BCUT2D eigenvalue weighted by atomic mass is 16.6. The van der Waals surface area contributed by atoms with Crippen LogP contribution in [-0.2, 0) is 14.3 Å². The molecule has 5 heteroatoms. The number of hydrogen-bond acceptors (Lipinski definition) is 4. The van der Waals surface area contributed by atoms with Crippen molar-refractivity contribution in [1.82, 2.24) is 4.90 Å². The summed E-state index contributed by atoms with van der Waals surface area (Å²) in [6.07, 6.45) is -0.984. The zero-order valence-corrected chi connectivity index (χ0v) is 15.9. The summed E-state index contributed by atoms with van der Waals surface area (Å²) in [6.45, 7) is 5.62. The van der Waals surface area contributed by atoms with Crippen molar-refractivity contribution in [2.75, 3.05) is 20.7 Å². The molecule has 0 spiro atoms. The smallest absolute Gasteiger partial charge is 0.345 e.